The molecule has 1 atom stereocenters. The summed E-state index contributed by atoms with van der Waals surface area (Å²) in [5, 5.41) is 2.86. The molecule has 7 nitrogen and oxygen atoms in total. The summed E-state index contributed by atoms with van der Waals surface area (Å²) in [4.78, 5) is 15.2. The van der Waals surface area contributed by atoms with Crippen molar-refractivity contribution in [3.63, 3.8) is 0 Å². The molecule has 2 saturated heterocycles. The average molecular weight is 444 g/mol. The molecule has 0 aromatic heterocycles. The predicted molar refractivity (Wildman–Crippen MR) is 121 cm³/mol. The lowest BCUT2D eigenvalue weighted by atomic mass is 10.2. The Labute approximate surface area is 184 Å². The fraction of sp³-hybridized carbons (Fsp3) is 0.435. The molecule has 0 bridgehead atoms. The Hall–Kier alpha value is -2.58. The Balaban J connectivity index is 1.52. The molecular weight excluding hydrogens is 414 g/mol. The highest BCUT2D eigenvalue weighted by molar-refractivity contribution is 7.89. The molecule has 2 aromatic carbocycles. The van der Waals surface area contributed by atoms with E-state index >= 15 is 0 Å². The fourth-order valence-corrected chi connectivity index (χ4v) is 5.91. The molecular formula is C23H29N3O4S. The van der Waals surface area contributed by atoms with Gasteiger partial charge in [-0.25, -0.2) is 8.42 Å². The number of amides is 1. The number of hydrogen-bond donors (Lipinski definition) is 1. The lowest BCUT2D eigenvalue weighted by Gasteiger charge is -2.19. The van der Waals surface area contributed by atoms with Gasteiger partial charge in [-0.05, 0) is 67.6 Å². The second kappa shape index (κ2) is 8.88. The summed E-state index contributed by atoms with van der Waals surface area (Å²) >= 11 is 0. The largest absolute Gasteiger partial charge is 0.495 e. The van der Waals surface area contributed by atoms with Crippen LogP contribution < -0.4 is 15.0 Å². The molecule has 2 fully saturated rings. The van der Waals surface area contributed by atoms with Crippen LogP contribution in [0.3, 0.4) is 0 Å². The number of sulfonamides is 1. The summed E-state index contributed by atoms with van der Waals surface area (Å²) in [7, 11) is -2.28. The minimum atomic E-state index is -3.71. The SMILES string of the molecule is COc1ccc(C(=O)Nc2ccc(N3CCC(C)C3)cc2)cc1S(=O)(=O)N1CCCC1. The van der Waals surface area contributed by atoms with Crippen molar-refractivity contribution in [3.8, 4) is 5.75 Å². The second-order valence-corrected chi connectivity index (χ2v) is 10.2. The molecule has 1 N–H and O–H groups in total. The van der Waals surface area contributed by atoms with Crippen LogP contribution in [-0.2, 0) is 10.0 Å². The molecule has 2 aliphatic rings. The van der Waals surface area contributed by atoms with Crippen LogP contribution in [0.15, 0.2) is 47.4 Å². The topological polar surface area (TPSA) is 79.0 Å². The first kappa shape index (κ1) is 21.6. The van der Waals surface area contributed by atoms with E-state index in [1.165, 1.54) is 30.0 Å². The molecule has 1 unspecified atom stereocenters. The monoisotopic (exact) mass is 443 g/mol. The van der Waals surface area contributed by atoms with Crippen LogP contribution in [0.1, 0.15) is 36.5 Å². The van der Waals surface area contributed by atoms with Crippen molar-refractivity contribution < 1.29 is 17.9 Å². The molecule has 2 aromatic rings. The van der Waals surface area contributed by atoms with Gasteiger partial charge in [-0.1, -0.05) is 6.92 Å². The van der Waals surface area contributed by atoms with Crippen LogP contribution in [0.25, 0.3) is 0 Å². The average Bonchev–Trinajstić information content (AvgIpc) is 3.46. The van der Waals surface area contributed by atoms with E-state index in [1.807, 2.05) is 24.3 Å². The van der Waals surface area contributed by atoms with Crippen LogP contribution in [0.4, 0.5) is 11.4 Å². The van der Waals surface area contributed by atoms with E-state index in [4.69, 9.17) is 4.74 Å². The number of rotatable bonds is 6. The third-order valence-electron chi connectivity index (χ3n) is 6.02. The van der Waals surface area contributed by atoms with Gasteiger partial charge in [0.15, 0.2) is 0 Å². The van der Waals surface area contributed by atoms with Crippen molar-refractivity contribution >= 4 is 27.3 Å². The lowest BCUT2D eigenvalue weighted by Crippen LogP contribution is -2.28. The van der Waals surface area contributed by atoms with Gasteiger partial charge in [0.1, 0.15) is 10.6 Å². The first-order valence-electron chi connectivity index (χ1n) is 10.7. The molecule has 0 saturated carbocycles. The second-order valence-electron chi connectivity index (χ2n) is 8.32. The number of nitrogens with one attached hydrogen (secondary N) is 1. The van der Waals surface area contributed by atoms with Crippen LogP contribution in [-0.4, -0.2) is 51.9 Å². The maximum Gasteiger partial charge on any atom is 0.255 e. The maximum absolute atomic E-state index is 13.0. The van der Waals surface area contributed by atoms with Crippen LogP contribution >= 0.6 is 0 Å². The summed E-state index contributed by atoms with van der Waals surface area (Å²) in [6.07, 6.45) is 2.88. The zero-order chi connectivity index (χ0) is 22.0. The third-order valence-corrected chi connectivity index (χ3v) is 7.94. The Kier molecular flexibility index (Phi) is 6.20. The Morgan fingerprint density at radius 1 is 1.06 bits per heavy atom. The molecule has 4 rings (SSSR count). The van der Waals surface area contributed by atoms with Gasteiger partial charge in [0.05, 0.1) is 7.11 Å². The van der Waals surface area contributed by atoms with Crippen molar-refractivity contribution in [3.05, 3.63) is 48.0 Å². The highest BCUT2D eigenvalue weighted by Crippen LogP contribution is 2.30. The number of methoxy groups -OCH3 is 1. The molecule has 2 aliphatic heterocycles. The van der Waals surface area contributed by atoms with Crippen molar-refractivity contribution in [2.45, 2.75) is 31.1 Å². The van der Waals surface area contributed by atoms with Gasteiger partial charge in [0.25, 0.3) is 5.91 Å². The van der Waals surface area contributed by atoms with Gasteiger partial charge >= 0.3 is 0 Å². The Morgan fingerprint density at radius 3 is 2.39 bits per heavy atom. The van der Waals surface area contributed by atoms with Gasteiger partial charge in [0.2, 0.25) is 10.0 Å². The van der Waals surface area contributed by atoms with Gasteiger partial charge in [-0.3, -0.25) is 4.79 Å². The summed E-state index contributed by atoms with van der Waals surface area (Å²) in [5.41, 5.74) is 2.09. The van der Waals surface area contributed by atoms with Gasteiger partial charge in [-0.2, -0.15) is 4.31 Å². The summed E-state index contributed by atoms with van der Waals surface area (Å²) in [6.45, 7) is 5.33. The minimum Gasteiger partial charge on any atom is -0.495 e. The fourth-order valence-electron chi connectivity index (χ4n) is 4.22. The van der Waals surface area contributed by atoms with Crippen molar-refractivity contribution in [1.82, 2.24) is 4.31 Å². The number of carbonyl (C=O) groups excluding carboxylic acids is 1. The summed E-state index contributed by atoms with van der Waals surface area (Å²) in [5.74, 6) is 0.580. The van der Waals surface area contributed by atoms with Gasteiger partial charge in [-0.15, -0.1) is 0 Å². The van der Waals surface area contributed by atoms with E-state index in [0.717, 1.165) is 31.6 Å². The maximum atomic E-state index is 13.0. The smallest absolute Gasteiger partial charge is 0.255 e. The molecule has 8 heteroatoms. The van der Waals surface area contributed by atoms with Crippen LogP contribution in [0, 0.1) is 5.92 Å². The standard InChI is InChI=1S/C23H29N3O4S/c1-17-11-14-25(16-17)20-8-6-19(7-9-20)24-23(27)18-5-10-21(30-2)22(15-18)31(28,29)26-12-3-4-13-26/h5-10,15,17H,3-4,11-14,16H2,1-2H3,(H,24,27). The first-order valence-corrected chi connectivity index (χ1v) is 12.2. The third kappa shape index (κ3) is 4.55. The zero-order valence-corrected chi connectivity index (χ0v) is 18.8. The van der Waals surface area contributed by atoms with Crippen molar-refractivity contribution in [2.24, 2.45) is 5.92 Å². The van der Waals surface area contributed by atoms with E-state index in [0.29, 0.717) is 24.7 Å². The lowest BCUT2D eigenvalue weighted by molar-refractivity contribution is 0.102. The summed E-state index contributed by atoms with van der Waals surface area (Å²) < 4.78 is 32.8. The minimum absolute atomic E-state index is 0.0306. The van der Waals surface area contributed by atoms with Crippen LogP contribution in [0.2, 0.25) is 0 Å². The zero-order valence-electron chi connectivity index (χ0n) is 18.0. The van der Waals surface area contributed by atoms with E-state index in [1.54, 1.807) is 6.07 Å². The highest BCUT2D eigenvalue weighted by Gasteiger charge is 2.30. The molecule has 166 valence electrons. The van der Waals surface area contributed by atoms with Crippen molar-refractivity contribution in [1.29, 1.82) is 0 Å². The number of anilines is 2. The Bertz CT molecular complexity index is 1050. The molecule has 0 radical (unpaired) electrons. The van der Waals surface area contributed by atoms with Gasteiger partial charge in [0, 0.05) is 43.1 Å². The number of nitrogens with zero attached hydrogens (tertiary/aromatic N) is 2. The van der Waals surface area contributed by atoms with Gasteiger partial charge < -0.3 is 15.0 Å². The van der Waals surface area contributed by atoms with E-state index in [2.05, 4.69) is 17.1 Å². The Morgan fingerprint density at radius 2 is 1.77 bits per heavy atom. The molecule has 31 heavy (non-hydrogen) atoms. The molecule has 0 spiro atoms. The van der Waals surface area contributed by atoms with E-state index in [-0.39, 0.29) is 22.1 Å². The summed E-state index contributed by atoms with van der Waals surface area (Å²) in [6, 6.07) is 12.3. The number of carbonyl (C=O) groups is 1. The van der Waals surface area contributed by atoms with Crippen LogP contribution in [0.5, 0.6) is 5.75 Å². The molecule has 0 aliphatic carbocycles. The molecule has 2 heterocycles. The quantitative estimate of drug-likeness (QED) is 0.738. The normalized spacial score (nSPS) is 19.5. The van der Waals surface area contributed by atoms with E-state index in [9.17, 15) is 13.2 Å². The van der Waals surface area contributed by atoms with Crippen molar-refractivity contribution in [2.75, 3.05) is 43.5 Å². The highest BCUT2D eigenvalue weighted by atomic mass is 32.2. The predicted octanol–water partition coefficient (Wildman–Crippen LogP) is 3.58. The number of benzene rings is 2. The number of hydrogen-bond acceptors (Lipinski definition) is 5. The molecule has 1 amide bonds. The first-order chi connectivity index (χ1) is 14.9. The number of ether oxygens (including phenoxy) is 1. The van der Waals surface area contributed by atoms with E-state index < -0.39 is 10.0 Å².